The van der Waals surface area contributed by atoms with Crippen LogP contribution in [0.25, 0.3) is 12.2 Å². The van der Waals surface area contributed by atoms with E-state index < -0.39 is 0 Å². The first-order chi connectivity index (χ1) is 9.65. The molecule has 0 spiro atoms. The number of ether oxygens (including phenoxy) is 1. The summed E-state index contributed by atoms with van der Waals surface area (Å²) in [6.07, 6.45) is 5.67. The molecule has 0 atom stereocenters. The lowest BCUT2D eigenvalue weighted by Gasteiger charge is -2.06. The molecule has 0 aliphatic rings. The highest BCUT2D eigenvalue weighted by atomic mass is 16.5. The largest absolute Gasteiger partial charge is 0.426 e. The fourth-order valence-electron chi connectivity index (χ4n) is 1.54. The van der Waals surface area contributed by atoms with Gasteiger partial charge in [0.05, 0.1) is 11.6 Å². The zero-order valence-corrected chi connectivity index (χ0v) is 11.6. The highest BCUT2D eigenvalue weighted by Crippen LogP contribution is 2.15. The lowest BCUT2D eigenvalue weighted by atomic mass is 10.2. The third kappa shape index (κ3) is 4.05. The minimum atomic E-state index is -0.221. The van der Waals surface area contributed by atoms with E-state index in [1.807, 2.05) is 56.3 Å². The van der Waals surface area contributed by atoms with Crippen molar-refractivity contribution in [1.82, 2.24) is 4.98 Å². The molecule has 0 radical (unpaired) electrons. The maximum Gasteiger partial charge on any atom is 0.313 e. The van der Waals surface area contributed by atoms with E-state index in [0.717, 1.165) is 11.3 Å². The standard InChI is InChI=1S/C17H17NO2/c1-13(2)17(19)20-16-10-7-14(8-11-16)6-9-15-5-3-4-12-18-15/h3-13H,1-2H3. The quantitative estimate of drug-likeness (QED) is 0.624. The second-order valence-corrected chi connectivity index (χ2v) is 4.73. The topological polar surface area (TPSA) is 39.2 Å². The Balaban J connectivity index is 2.02. The summed E-state index contributed by atoms with van der Waals surface area (Å²) < 4.78 is 5.22. The average Bonchev–Trinajstić information content (AvgIpc) is 2.47. The van der Waals surface area contributed by atoms with Crippen molar-refractivity contribution in [2.75, 3.05) is 0 Å². The van der Waals surface area contributed by atoms with E-state index in [1.54, 1.807) is 18.3 Å². The summed E-state index contributed by atoms with van der Waals surface area (Å²) in [6.45, 7) is 3.62. The summed E-state index contributed by atoms with van der Waals surface area (Å²) in [6, 6.07) is 13.2. The molecule has 0 amide bonds. The third-order valence-corrected chi connectivity index (χ3v) is 2.70. The molecular weight excluding hydrogens is 250 g/mol. The van der Waals surface area contributed by atoms with Crippen molar-refractivity contribution in [2.45, 2.75) is 13.8 Å². The number of carbonyl (C=O) groups is 1. The molecule has 0 saturated heterocycles. The second-order valence-electron chi connectivity index (χ2n) is 4.73. The van der Waals surface area contributed by atoms with Gasteiger partial charge in [0, 0.05) is 6.20 Å². The van der Waals surface area contributed by atoms with Gasteiger partial charge in [0.25, 0.3) is 0 Å². The summed E-state index contributed by atoms with van der Waals surface area (Å²) in [5.74, 6) is 0.221. The number of hydrogen-bond acceptors (Lipinski definition) is 3. The number of pyridine rings is 1. The summed E-state index contributed by atoms with van der Waals surface area (Å²) in [4.78, 5) is 15.7. The van der Waals surface area contributed by atoms with Crippen LogP contribution in [0.3, 0.4) is 0 Å². The molecule has 3 nitrogen and oxygen atoms in total. The molecule has 3 heteroatoms. The zero-order chi connectivity index (χ0) is 14.4. The number of hydrogen-bond donors (Lipinski definition) is 0. The molecule has 2 rings (SSSR count). The van der Waals surface area contributed by atoms with Crippen LogP contribution in [0.1, 0.15) is 25.1 Å². The van der Waals surface area contributed by atoms with Crippen LogP contribution in [-0.2, 0) is 4.79 Å². The van der Waals surface area contributed by atoms with Gasteiger partial charge >= 0.3 is 5.97 Å². The molecule has 0 N–H and O–H groups in total. The number of rotatable bonds is 4. The molecule has 102 valence electrons. The molecular formula is C17H17NO2. The van der Waals surface area contributed by atoms with Crippen molar-refractivity contribution >= 4 is 18.1 Å². The van der Waals surface area contributed by atoms with Crippen LogP contribution in [0, 0.1) is 5.92 Å². The van der Waals surface area contributed by atoms with Crippen LogP contribution in [0.5, 0.6) is 5.75 Å². The second kappa shape index (κ2) is 6.66. The van der Waals surface area contributed by atoms with Crippen molar-refractivity contribution in [1.29, 1.82) is 0 Å². The van der Waals surface area contributed by atoms with E-state index in [-0.39, 0.29) is 11.9 Å². The zero-order valence-electron chi connectivity index (χ0n) is 11.6. The van der Waals surface area contributed by atoms with Crippen LogP contribution >= 0.6 is 0 Å². The number of aromatic nitrogens is 1. The van der Waals surface area contributed by atoms with Gasteiger partial charge in [-0.05, 0) is 35.9 Å². The highest BCUT2D eigenvalue weighted by Gasteiger charge is 2.08. The molecule has 0 saturated carbocycles. The monoisotopic (exact) mass is 267 g/mol. The highest BCUT2D eigenvalue weighted by molar-refractivity contribution is 5.74. The predicted molar refractivity (Wildman–Crippen MR) is 80.1 cm³/mol. The number of nitrogens with zero attached hydrogens (tertiary/aromatic N) is 1. The molecule has 20 heavy (non-hydrogen) atoms. The molecule has 2 aromatic rings. The SMILES string of the molecule is CC(C)C(=O)Oc1ccc(C=Cc2ccccn2)cc1. The molecule has 0 aliphatic carbocycles. The lowest BCUT2D eigenvalue weighted by Crippen LogP contribution is -2.14. The Hall–Kier alpha value is -2.42. The van der Waals surface area contributed by atoms with Crippen LogP contribution in [0.4, 0.5) is 0 Å². The summed E-state index contributed by atoms with van der Waals surface area (Å²) in [5.41, 5.74) is 1.93. The van der Waals surface area contributed by atoms with Crippen LogP contribution in [0.2, 0.25) is 0 Å². The summed E-state index contributed by atoms with van der Waals surface area (Å²) in [5, 5.41) is 0. The van der Waals surface area contributed by atoms with Gasteiger partial charge in [-0.1, -0.05) is 38.1 Å². The fourth-order valence-corrected chi connectivity index (χ4v) is 1.54. The minimum Gasteiger partial charge on any atom is -0.426 e. The smallest absolute Gasteiger partial charge is 0.313 e. The first-order valence-electron chi connectivity index (χ1n) is 6.56. The first kappa shape index (κ1) is 14.0. The van der Waals surface area contributed by atoms with Gasteiger partial charge in [-0.2, -0.15) is 0 Å². The Morgan fingerprint density at radius 1 is 1.10 bits per heavy atom. The van der Waals surface area contributed by atoms with Crippen molar-refractivity contribution in [3.8, 4) is 5.75 Å². The van der Waals surface area contributed by atoms with E-state index in [9.17, 15) is 4.79 Å². The maximum atomic E-state index is 11.5. The predicted octanol–water partition coefficient (Wildman–Crippen LogP) is 3.81. The summed E-state index contributed by atoms with van der Waals surface area (Å²) >= 11 is 0. The Labute approximate surface area is 118 Å². The van der Waals surface area contributed by atoms with Crippen LogP contribution < -0.4 is 4.74 Å². The van der Waals surface area contributed by atoms with Crippen LogP contribution in [0.15, 0.2) is 48.7 Å². The van der Waals surface area contributed by atoms with Gasteiger partial charge in [-0.3, -0.25) is 9.78 Å². The van der Waals surface area contributed by atoms with E-state index in [4.69, 9.17) is 4.74 Å². The van der Waals surface area contributed by atoms with Crippen molar-refractivity contribution < 1.29 is 9.53 Å². The van der Waals surface area contributed by atoms with E-state index >= 15 is 0 Å². The average molecular weight is 267 g/mol. The third-order valence-electron chi connectivity index (χ3n) is 2.70. The van der Waals surface area contributed by atoms with Gasteiger partial charge in [0.2, 0.25) is 0 Å². The van der Waals surface area contributed by atoms with Gasteiger partial charge in [-0.15, -0.1) is 0 Å². The first-order valence-corrected chi connectivity index (χ1v) is 6.56. The molecule has 0 aliphatic heterocycles. The van der Waals surface area contributed by atoms with Crippen molar-refractivity contribution in [2.24, 2.45) is 5.92 Å². The molecule has 0 bridgehead atoms. The molecule has 1 heterocycles. The number of esters is 1. The number of benzene rings is 1. The van der Waals surface area contributed by atoms with Gasteiger partial charge in [-0.25, -0.2) is 0 Å². The number of carbonyl (C=O) groups excluding carboxylic acids is 1. The molecule has 1 aromatic heterocycles. The van der Waals surface area contributed by atoms with E-state index in [2.05, 4.69) is 4.98 Å². The molecule has 0 fully saturated rings. The normalized spacial score (nSPS) is 10.9. The van der Waals surface area contributed by atoms with Crippen molar-refractivity contribution in [3.05, 3.63) is 59.9 Å². The Morgan fingerprint density at radius 3 is 2.45 bits per heavy atom. The van der Waals surface area contributed by atoms with E-state index in [1.165, 1.54) is 0 Å². The van der Waals surface area contributed by atoms with Crippen molar-refractivity contribution in [3.63, 3.8) is 0 Å². The Kier molecular flexibility index (Phi) is 4.66. The Morgan fingerprint density at radius 2 is 1.85 bits per heavy atom. The maximum absolute atomic E-state index is 11.5. The van der Waals surface area contributed by atoms with E-state index in [0.29, 0.717) is 5.75 Å². The summed E-state index contributed by atoms with van der Waals surface area (Å²) in [7, 11) is 0. The van der Waals surface area contributed by atoms with Gasteiger partial charge < -0.3 is 4.74 Å². The minimum absolute atomic E-state index is 0.126. The van der Waals surface area contributed by atoms with Gasteiger partial charge in [0.15, 0.2) is 0 Å². The van der Waals surface area contributed by atoms with Gasteiger partial charge in [0.1, 0.15) is 5.75 Å². The molecule has 0 unspecified atom stereocenters. The van der Waals surface area contributed by atoms with Crippen LogP contribution in [-0.4, -0.2) is 11.0 Å². The Bertz CT molecular complexity index is 586. The molecule has 1 aromatic carbocycles. The lowest BCUT2D eigenvalue weighted by molar-refractivity contribution is -0.137. The fraction of sp³-hybridized carbons (Fsp3) is 0.176.